The molecule has 0 aromatic rings. The molecule has 2 unspecified atom stereocenters. The molecule has 0 aromatic heterocycles. The van der Waals surface area contributed by atoms with Crippen LogP contribution in [0.4, 0.5) is 0 Å². The maximum atomic E-state index is 9.35. The number of aliphatic hydroxyl groups excluding tert-OH is 4. The smallest absolute Gasteiger partial charge is 0.0590 e. The molecular weight excluding hydrogens is 220 g/mol. The van der Waals surface area contributed by atoms with Crippen LogP contribution in [-0.4, -0.2) is 46.4 Å². The van der Waals surface area contributed by atoms with E-state index in [0.29, 0.717) is 0 Å². The molecule has 4 N–H and O–H groups in total. The summed E-state index contributed by atoms with van der Waals surface area (Å²) in [6.45, 7) is 7.82. The first kappa shape index (κ1) is 19.2. The minimum atomic E-state index is -0.306. The Morgan fingerprint density at radius 1 is 1.00 bits per heavy atom. The van der Waals surface area contributed by atoms with E-state index in [0.717, 1.165) is 19.3 Å². The zero-order valence-electron chi connectivity index (χ0n) is 11.7. The van der Waals surface area contributed by atoms with Crippen molar-refractivity contribution in [3.63, 3.8) is 0 Å². The van der Waals surface area contributed by atoms with Crippen molar-refractivity contribution in [2.24, 2.45) is 11.3 Å². The summed E-state index contributed by atoms with van der Waals surface area (Å²) in [6, 6.07) is 0. The second kappa shape index (κ2) is 11.0. The first-order chi connectivity index (χ1) is 7.88. The Bertz CT molecular complexity index is 149. The van der Waals surface area contributed by atoms with Gasteiger partial charge >= 0.3 is 0 Å². The molecule has 0 radical (unpaired) electrons. The van der Waals surface area contributed by atoms with Crippen molar-refractivity contribution in [1.82, 2.24) is 0 Å². The standard InChI is InChI=1S/C8H18O2.C5H12O2/c1-3-5-8(10)7(4-2)6-9;1-5(2,3-6)4-7/h7-10H,3-6H2,1-2H3;6-7H,3-4H2,1-2H3. The molecule has 4 nitrogen and oxygen atoms in total. The lowest BCUT2D eigenvalue weighted by atomic mass is 9.97. The van der Waals surface area contributed by atoms with Crippen LogP contribution in [0.25, 0.3) is 0 Å². The fourth-order valence-electron chi connectivity index (χ4n) is 1.10. The third kappa shape index (κ3) is 10.7. The van der Waals surface area contributed by atoms with Crippen molar-refractivity contribution < 1.29 is 20.4 Å². The molecule has 0 fully saturated rings. The van der Waals surface area contributed by atoms with E-state index in [1.165, 1.54) is 0 Å². The van der Waals surface area contributed by atoms with Gasteiger partial charge in [0, 0.05) is 17.9 Å². The van der Waals surface area contributed by atoms with Gasteiger partial charge in [0.15, 0.2) is 0 Å². The van der Waals surface area contributed by atoms with Gasteiger partial charge in [-0.25, -0.2) is 0 Å². The molecule has 2 atom stereocenters. The lowest BCUT2D eigenvalue weighted by molar-refractivity contribution is 0.0584. The van der Waals surface area contributed by atoms with Crippen molar-refractivity contribution in [1.29, 1.82) is 0 Å². The Morgan fingerprint density at radius 2 is 1.47 bits per heavy atom. The minimum absolute atomic E-state index is 0.0451. The number of rotatable bonds is 7. The van der Waals surface area contributed by atoms with E-state index in [1.54, 1.807) is 13.8 Å². The van der Waals surface area contributed by atoms with E-state index in [9.17, 15) is 5.11 Å². The van der Waals surface area contributed by atoms with Gasteiger partial charge in [-0.3, -0.25) is 0 Å². The van der Waals surface area contributed by atoms with E-state index in [4.69, 9.17) is 15.3 Å². The Labute approximate surface area is 105 Å². The summed E-state index contributed by atoms with van der Waals surface area (Å²) in [5, 5.41) is 35.0. The third-order valence-electron chi connectivity index (χ3n) is 2.74. The maximum Gasteiger partial charge on any atom is 0.0590 e. The van der Waals surface area contributed by atoms with Gasteiger partial charge in [-0.2, -0.15) is 0 Å². The van der Waals surface area contributed by atoms with Gasteiger partial charge in [-0.05, 0) is 12.8 Å². The molecule has 0 aliphatic rings. The predicted molar refractivity (Wildman–Crippen MR) is 69.7 cm³/mol. The quantitative estimate of drug-likeness (QED) is 0.546. The minimum Gasteiger partial charge on any atom is -0.396 e. The van der Waals surface area contributed by atoms with E-state index in [2.05, 4.69) is 0 Å². The Morgan fingerprint density at radius 3 is 1.65 bits per heavy atom. The first-order valence-electron chi connectivity index (χ1n) is 6.39. The third-order valence-corrected chi connectivity index (χ3v) is 2.74. The average Bonchev–Trinajstić information content (AvgIpc) is 2.32. The lowest BCUT2D eigenvalue weighted by Gasteiger charge is -2.17. The zero-order valence-corrected chi connectivity index (χ0v) is 11.7. The van der Waals surface area contributed by atoms with Crippen LogP contribution in [0.3, 0.4) is 0 Å². The van der Waals surface area contributed by atoms with Crippen molar-refractivity contribution in [2.75, 3.05) is 19.8 Å². The number of hydrogen-bond acceptors (Lipinski definition) is 4. The van der Waals surface area contributed by atoms with Crippen molar-refractivity contribution in [3.8, 4) is 0 Å². The first-order valence-corrected chi connectivity index (χ1v) is 6.39. The molecule has 0 spiro atoms. The van der Waals surface area contributed by atoms with E-state index in [-0.39, 0.29) is 37.3 Å². The summed E-state index contributed by atoms with van der Waals surface area (Å²) in [5.74, 6) is 0.0833. The summed E-state index contributed by atoms with van der Waals surface area (Å²) in [4.78, 5) is 0. The molecule has 0 bridgehead atoms. The van der Waals surface area contributed by atoms with Crippen LogP contribution >= 0.6 is 0 Å². The summed E-state index contributed by atoms with van der Waals surface area (Å²) in [6.07, 6.45) is 2.34. The SMILES string of the molecule is CC(C)(CO)CO.CCCC(O)C(CC)CO. The molecule has 0 saturated heterocycles. The van der Waals surface area contributed by atoms with E-state index >= 15 is 0 Å². The lowest BCUT2D eigenvalue weighted by Crippen LogP contribution is -2.22. The highest BCUT2D eigenvalue weighted by molar-refractivity contribution is 4.65. The summed E-state index contributed by atoms with van der Waals surface area (Å²) in [5.41, 5.74) is -0.306. The molecule has 0 rings (SSSR count). The van der Waals surface area contributed by atoms with E-state index in [1.807, 2.05) is 13.8 Å². The molecule has 0 amide bonds. The molecule has 0 aromatic carbocycles. The maximum absolute atomic E-state index is 9.35. The van der Waals surface area contributed by atoms with Gasteiger partial charge in [0.2, 0.25) is 0 Å². The van der Waals surface area contributed by atoms with Gasteiger partial charge in [-0.1, -0.05) is 34.1 Å². The van der Waals surface area contributed by atoms with Crippen LogP contribution < -0.4 is 0 Å². The van der Waals surface area contributed by atoms with Crippen LogP contribution in [-0.2, 0) is 0 Å². The highest BCUT2D eigenvalue weighted by Gasteiger charge is 2.14. The average molecular weight is 250 g/mol. The molecule has 0 saturated carbocycles. The molecule has 0 aliphatic carbocycles. The van der Waals surface area contributed by atoms with Crippen LogP contribution in [0, 0.1) is 11.3 Å². The fraction of sp³-hybridized carbons (Fsp3) is 1.00. The Hall–Kier alpha value is -0.160. The second-order valence-electron chi connectivity index (χ2n) is 5.19. The van der Waals surface area contributed by atoms with E-state index < -0.39 is 0 Å². The van der Waals surface area contributed by atoms with Crippen LogP contribution in [0.1, 0.15) is 47.0 Å². The fourth-order valence-corrected chi connectivity index (χ4v) is 1.10. The van der Waals surface area contributed by atoms with Gasteiger partial charge in [0.1, 0.15) is 0 Å². The highest BCUT2D eigenvalue weighted by Crippen LogP contribution is 2.12. The molecule has 106 valence electrons. The molecule has 0 aliphatic heterocycles. The number of aliphatic hydroxyl groups is 4. The van der Waals surface area contributed by atoms with Crippen molar-refractivity contribution in [3.05, 3.63) is 0 Å². The van der Waals surface area contributed by atoms with Crippen molar-refractivity contribution >= 4 is 0 Å². The van der Waals surface area contributed by atoms with Gasteiger partial charge in [-0.15, -0.1) is 0 Å². The van der Waals surface area contributed by atoms with Crippen molar-refractivity contribution in [2.45, 2.75) is 53.1 Å². The Balaban J connectivity index is 0. The van der Waals surface area contributed by atoms with Gasteiger partial charge < -0.3 is 20.4 Å². The summed E-state index contributed by atoms with van der Waals surface area (Å²) >= 11 is 0. The zero-order chi connectivity index (χ0) is 13.9. The topological polar surface area (TPSA) is 80.9 Å². The summed E-state index contributed by atoms with van der Waals surface area (Å²) < 4.78 is 0. The van der Waals surface area contributed by atoms with Crippen LogP contribution in [0.5, 0.6) is 0 Å². The summed E-state index contributed by atoms with van der Waals surface area (Å²) in [7, 11) is 0. The molecule has 0 heterocycles. The number of hydrogen-bond donors (Lipinski definition) is 4. The van der Waals surface area contributed by atoms with Gasteiger partial charge in [0.25, 0.3) is 0 Å². The van der Waals surface area contributed by atoms with Crippen LogP contribution in [0.15, 0.2) is 0 Å². The monoisotopic (exact) mass is 250 g/mol. The normalized spacial score (nSPS) is 14.8. The predicted octanol–water partition coefficient (Wildman–Crippen LogP) is 1.16. The highest BCUT2D eigenvalue weighted by atomic mass is 16.3. The molecular formula is C13H30O4. The van der Waals surface area contributed by atoms with Gasteiger partial charge in [0.05, 0.1) is 19.3 Å². The Kier molecular flexibility index (Phi) is 12.4. The molecule has 4 heteroatoms. The largest absolute Gasteiger partial charge is 0.396 e. The second-order valence-corrected chi connectivity index (χ2v) is 5.19. The molecule has 17 heavy (non-hydrogen) atoms. The van der Waals surface area contributed by atoms with Crippen LogP contribution in [0.2, 0.25) is 0 Å².